The Bertz CT molecular complexity index is 775. The molecule has 3 rings (SSSR count). The van der Waals surface area contributed by atoms with Gasteiger partial charge in [0, 0.05) is 18.6 Å². The van der Waals surface area contributed by atoms with Gasteiger partial charge in [0.2, 0.25) is 5.91 Å². The van der Waals surface area contributed by atoms with Gasteiger partial charge in [-0.1, -0.05) is 13.0 Å². The highest BCUT2D eigenvalue weighted by Crippen LogP contribution is 2.12. The summed E-state index contributed by atoms with van der Waals surface area (Å²) in [5.41, 5.74) is 3.00. The molecular formula is C16H19N5O. The maximum Gasteiger partial charge on any atom is 0.245 e. The Morgan fingerprint density at radius 3 is 2.95 bits per heavy atom. The number of aromatic nitrogens is 4. The van der Waals surface area contributed by atoms with Crippen LogP contribution in [0.1, 0.15) is 30.6 Å². The van der Waals surface area contributed by atoms with Crippen molar-refractivity contribution in [3.63, 3.8) is 0 Å². The summed E-state index contributed by atoms with van der Waals surface area (Å²) in [6.07, 6.45) is 7.95. The van der Waals surface area contributed by atoms with E-state index in [9.17, 15) is 4.79 Å². The highest BCUT2D eigenvalue weighted by atomic mass is 16.2. The molecule has 3 heterocycles. The molecule has 22 heavy (non-hydrogen) atoms. The van der Waals surface area contributed by atoms with Crippen LogP contribution in [-0.4, -0.2) is 25.1 Å². The molecule has 0 fully saturated rings. The third kappa shape index (κ3) is 2.59. The van der Waals surface area contributed by atoms with E-state index in [0.29, 0.717) is 13.0 Å². The van der Waals surface area contributed by atoms with Gasteiger partial charge in [-0.3, -0.25) is 9.48 Å². The van der Waals surface area contributed by atoms with Crippen molar-refractivity contribution in [1.29, 1.82) is 0 Å². The van der Waals surface area contributed by atoms with Crippen LogP contribution in [0.3, 0.4) is 0 Å². The number of nitrogens with one attached hydrogen (secondary N) is 1. The van der Waals surface area contributed by atoms with Crippen molar-refractivity contribution in [2.75, 3.05) is 0 Å². The normalized spacial score (nSPS) is 12.5. The van der Waals surface area contributed by atoms with Crippen LogP contribution in [0.15, 0.2) is 43.0 Å². The van der Waals surface area contributed by atoms with Crippen LogP contribution < -0.4 is 5.32 Å². The Balaban J connectivity index is 1.73. The molecule has 0 saturated carbocycles. The van der Waals surface area contributed by atoms with Crippen LogP contribution in [-0.2, 0) is 11.3 Å². The van der Waals surface area contributed by atoms with E-state index in [0.717, 1.165) is 16.9 Å². The van der Waals surface area contributed by atoms with Gasteiger partial charge in [-0.15, -0.1) is 0 Å². The van der Waals surface area contributed by atoms with E-state index in [2.05, 4.69) is 15.4 Å². The molecule has 1 atom stereocenters. The minimum absolute atomic E-state index is 0.0335. The van der Waals surface area contributed by atoms with E-state index in [4.69, 9.17) is 0 Å². The number of aryl methyl sites for hydroxylation is 1. The molecule has 0 aliphatic rings. The van der Waals surface area contributed by atoms with Crippen molar-refractivity contribution in [2.45, 2.75) is 32.9 Å². The molecular weight excluding hydrogens is 278 g/mol. The number of rotatable bonds is 5. The van der Waals surface area contributed by atoms with Gasteiger partial charge in [-0.05, 0) is 31.0 Å². The summed E-state index contributed by atoms with van der Waals surface area (Å²) in [6, 6.07) is 5.54. The highest BCUT2D eigenvalue weighted by Gasteiger charge is 2.18. The van der Waals surface area contributed by atoms with Crippen molar-refractivity contribution in [1.82, 2.24) is 24.5 Å². The lowest BCUT2D eigenvalue weighted by atomic mass is 10.2. The molecule has 1 N–H and O–H groups in total. The van der Waals surface area contributed by atoms with Gasteiger partial charge in [-0.25, -0.2) is 4.98 Å². The predicted molar refractivity (Wildman–Crippen MR) is 83.3 cm³/mol. The standard InChI is InChI=1S/C16H19N5O/c1-3-14(21-9-5-7-19-21)16(22)18-11-13-10-17-15-12(2)6-4-8-20(13)15/h4-10,14H,3,11H2,1-2H3,(H,18,22). The molecule has 1 unspecified atom stereocenters. The third-order valence-electron chi connectivity index (χ3n) is 3.78. The molecule has 0 aliphatic heterocycles. The van der Waals surface area contributed by atoms with Crippen molar-refractivity contribution in [2.24, 2.45) is 0 Å². The minimum Gasteiger partial charge on any atom is -0.349 e. The maximum absolute atomic E-state index is 12.4. The quantitative estimate of drug-likeness (QED) is 0.784. The number of fused-ring (bicyclic) bond motifs is 1. The smallest absolute Gasteiger partial charge is 0.245 e. The highest BCUT2D eigenvalue weighted by molar-refractivity contribution is 5.80. The van der Waals surface area contributed by atoms with E-state index in [1.54, 1.807) is 17.1 Å². The Morgan fingerprint density at radius 2 is 2.23 bits per heavy atom. The number of hydrogen-bond acceptors (Lipinski definition) is 3. The second kappa shape index (κ2) is 6.01. The van der Waals surface area contributed by atoms with E-state index >= 15 is 0 Å². The second-order valence-electron chi connectivity index (χ2n) is 5.26. The van der Waals surface area contributed by atoms with Crippen LogP contribution in [0.25, 0.3) is 5.65 Å². The first-order valence-electron chi connectivity index (χ1n) is 7.39. The predicted octanol–water partition coefficient (Wildman–Crippen LogP) is 2.11. The molecule has 6 heteroatoms. The summed E-state index contributed by atoms with van der Waals surface area (Å²) < 4.78 is 3.69. The first-order valence-corrected chi connectivity index (χ1v) is 7.39. The zero-order chi connectivity index (χ0) is 15.5. The lowest BCUT2D eigenvalue weighted by Crippen LogP contribution is -2.32. The lowest BCUT2D eigenvalue weighted by molar-refractivity contribution is -0.124. The molecule has 114 valence electrons. The molecule has 1 amide bonds. The summed E-state index contributed by atoms with van der Waals surface area (Å²) >= 11 is 0. The van der Waals surface area contributed by atoms with E-state index in [1.165, 1.54) is 0 Å². The van der Waals surface area contributed by atoms with Gasteiger partial charge in [-0.2, -0.15) is 5.10 Å². The van der Waals surface area contributed by atoms with Gasteiger partial charge in [0.15, 0.2) is 0 Å². The Kier molecular flexibility index (Phi) is 3.91. The summed E-state index contributed by atoms with van der Waals surface area (Å²) in [5.74, 6) is -0.0335. The van der Waals surface area contributed by atoms with Crippen LogP contribution in [0.5, 0.6) is 0 Å². The van der Waals surface area contributed by atoms with Gasteiger partial charge < -0.3 is 9.72 Å². The van der Waals surface area contributed by atoms with Gasteiger partial charge >= 0.3 is 0 Å². The van der Waals surface area contributed by atoms with Crippen LogP contribution in [0.2, 0.25) is 0 Å². The Hall–Kier alpha value is -2.63. The monoisotopic (exact) mass is 297 g/mol. The van der Waals surface area contributed by atoms with E-state index < -0.39 is 0 Å². The maximum atomic E-state index is 12.4. The molecule has 3 aromatic heterocycles. The molecule has 0 aliphatic carbocycles. The van der Waals surface area contributed by atoms with Gasteiger partial charge in [0.05, 0.1) is 18.4 Å². The third-order valence-corrected chi connectivity index (χ3v) is 3.78. The summed E-state index contributed by atoms with van der Waals surface area (Å²) in [7, 11) is 0. The number of carbonyl (C=O) groups is 1. The van der Waals surface area contributed by atoms with Crippen LogP contribution in [0, 0.1) is 6.92 Å². The molecule has 0 bridgehead atoms. The molecule has 3 aromatic rings. The summed E-state index contributed by atoms with van der Waals surface area (Å²) in [5, 5.41) is 7.13. The topological polar surface area (TPSA) is 64.2 Å². The number of amides is 1. The van der Waals surface area contributed by atoms with Crippen LogP contribution >= 0.6 is 0 Å². The van der Waals surface area contributed by atoms with E-state index in [-0.39, 0.29) is 11.9 Å². The fourth-order valence-electron chi connectivity index (χ4n) is 2.59. The van der Waals surface area contributed by atoms with Crippen molar-refractivity contribution in [3.8, 4) is 0 Å². The van der Waals surface area contributed by atoms with Crippen molar-refractivity contribution >= 4 is 11.6 Å². The fraction of sp³-hybridized carbons (Fsp3) is 0.312. The first kappa shape index (κ1) is 14.3. The Morgan fingerprint density at radius 1 is 1.36 bits per heavy atom. The molecule has 0 spiro atoms. The zero-order valence-corrected chi connectivity index (χ0v) is 12.7. The summed E-state index contributed by atoms with van der Waals surface area (Å²) in [4.78, 5) is 16.8. The molecule has 0 aromatic carbocycles. The van der Waals surface area contributed by atoms with Crippen molar-refractivity contribution in [3.05, 3.63) is 54.2 Å². The Labute approximate surface area is 128 Å². The number of pyridine rings is 1. The SMILES string of the molecule is CCC(C(=O)NCc1cnc2c(C)cccn12)n1cccn1. The average molecular weight is 297 g/mol. The summed E-state index contributed by atoms with van der Waals surface area (Å²) in [6.45, 7) is 4.44. The largest absolute Gasteiger partial charge is 0.349 e. The van der Waals surface area contributed by atoms with Crippen LogP contribution in [0.4, 0.5) is 0 Å². The van der Waals surface area contributed by atoms with Gasteiger partial charge in [0.1, 0.15) is 11.7 Å². The van der Waals surface area contributed by atoms with Gasteiger partial charge in [0.25, 0.3) is 0 Å². The molecule has 6 nitrogen and oxygen atoms in total. The fourth-order valence-corrected chi connectivity index (χ4v) is 2.59. The first-order chi connectivity index (χ1) is 10.7. The second-order valence-corrected chi connectivity index (χ2v) is 5.26. The number of nitrogens with zero attached hydrogens (tertiary/aromatic N) is 4. The van der Waals surface area contributed by atoms with Crippen molar-refractivity contribution < 1.29 is 4.79 Å². The molecule has 0 radical (unpaired) electrons. The number of carbonyl (C=O) groups excluding carboxylic acids is 1. The zero-order valence-electron chi connectivity index (χ0n) is 12.7. The number of imidazole rings is 1. The molecule has 0 saturated heterocycles. The lowest BCUT2D eigenvalue weighted by Gasteiger charge is -2.15. The minimum atomic E-state index is -0.282. The average Bonchev–Trinajstić information content (AvgIpc) is 3.16. The number of hydrogen-bond donors (Lipinski definition) is 1. The van der Waals surface area contributed by atoms with E-state index in [1.807, 2.05) is 48.8 Å².